The molecule has 1 amide bonds. The minimum atomic E-state index is 0.0867. The average Bonchev–Trinajstić information content (AvgIpc) is 2.46. The van der Waals surface area contributed by atoms with Gasteiger partial charge in [-0.2, -0.15) is 0 Å². The van der Waals surface area contributed by atoms with Crippen molar-refractivity contribution in [2.24, 2.45) is 0 Å². The molecule has 2 aliphatic rings. The summed E-state index contributed by atoms with van der Waals surface area (Å²) in [6, 6.07) is 0.762. The van der Waals surface area contributed by atoms with Crippen molar-refractivity contribution in [3.8, 4) is 0 Å². The van der Waals surface area contributed by atoms with E-state index in [-0.39, 0.29) is 18.6 Å². The van der Waals surface area contributed by atoms with E-state index >= 15 is 0 Å². The van der Waals surface area contributed by atoms with Gasteiger partial charge < -0.3 is 14.7 Å². The molecule has 0 aromatic rings. The van der Waals surface area contributed by atoms with E-state index in [1.807, 2.05) is 0 Å². The Bertz CT molecular complexity index is 319. The molecular formula is C16H30N2O3. The van der Waals surface area contributed by atoms with Crippen LogP contribution >= 0.6 is 0 Å². The van der Waals surface area contributed by atoms with Gasteiger partial charge in [-0.1, -0.05) is 0 Å². The van der Waals surface area contributed by atoms with Gasteiger partial charge in [-0.25, -0.2) is 0 Å². The number of rotatable bonds is 5. The van der Waals surface area contributed by atoms with Gasteiger partial charge in [-0.15, -0.1) is 0 Å². The Balaban J connectivity index is 1.76. The second-order valence-electron chi connectivity index (χ2n) is 6.50. The number of nitrogens with zero attached hydrogens (tertiary/aromatic N) is 2. The van der Waals surface area contributed by atoms with Gasteiger partial charge in [0, 0.05) is 25.2 Å². The Morgan fingerprint density at radius 2 is 1.76 bits per heavy atom. The van der Waals surface area contributed by atoms with Gasteiger partial charge in [-0.3, -0.25) is 9.69 Å². The standard InChI is InChI=1S/C16H30N2O3/c1-13-4-3-5-14(2)18(13)16(20)12-17-8-6-15(7-9-17)21-11-10-19/h13-15,19H,3-12H2,1-2H3. The number of piperidine rings is 2. The van der Waals surface area contributed by atoms with Gasteiger partial charge in [-0.05, 0) is 46.0 Å². The lowest BCUT2D eigenvalue weighted by Gasteiger charge is -2.41. The monoisotopic (exact) mass is 298 g/mol. The highest BCUT2D eigenvalue weighted by molar-refractivity contribution is 5.79. The molecule has 21 heavy (non-hydrogen) atoms. The van der Waals surface area contributed by atoms with Crippen LogP contribution in [0, 0.1) is 0 Å². The normalized spacial score (nSPS) is 28.8. The van der Waals surface area contributed by atoms with Gasteiger partial charge in [0.25, 0.3) is 0 Å². The maximum Gasteiger partial charge on any atom is 0.237 e. The topological polar surface area (TPSA) is 53.0 Å². The largest absolute Gasteiger partial charge is 0.394 e. The van der Waals surface area contributed by atoms with Crippen LogP contribution in [0.4, 0.5) is 0 Å². The Morgan fingerprint density at radius 3 is 2.33 bits per heavy atom. The minimum absolute atomic E-state index is 0.0867. The molecule has 0 aromatic carbocycles. The van der Waals surface area contributed by atoms with Crippen LogP contribution < -0.4 is 0 Å². The Kier molecular flexibility index (Phi) is 6.45. The second kappa shape index (κ2) is 8.11. The van der Waals surface area contributed by atoms with E-state index in [1.165, 1.54) is 6.42 Å². The van der Waals surface area contributed by atoms with E-state index in [0.717, 1.165) is 38.8 Å². The first-order chi connectivity index (χ1) is 10.1. The van der Waals surface area contributed by atoms with Crippen molar-refractivity contribution < 1.29 is 14.6 Å². The molecule has 0 bridgehead atoms. The smallest absolute Gasteiger partial charge is 0.237 e. The number of aliphatic hydroxyl groups excluding tert-OH is 1. The zero-order valence-corrected chi connectivity index (χ0v) is 13.5. The van der Waals surface area contributed by atoms with Crippen molar-refractivity contribution in [3.63, 3.8) is 0 Å². The number of carbonyl (C=O) groups is 1. The zero-order valence-electron chi connectivity index (χ0n) is 13.5. The predicted molar refractivity (Wildman–Crippen MR) is 82.1 cm³/mol. The van der Waals surface area contributed by atoms with Gasteiger partial charge in [0.2, 0.25) is 5.91 Å². The number of aliphatic hydroxyl groups is 1. The molecule has 0 radical (unpaired) electrons. The number of likely N-dealkylation sites (tertiary alicyclic amines) is 2. The van der Waals surface area contributed by atoms with Crippen molar-refractivity contribution in [2.75, 3.05) is 32.8 Å². The first kappa shape index (κ1) is 16.7. The molecule has 122 valence electrons. The SMILES string of the molecule is CC1CCCC(C)N1C(=O)CN1CCC(OCCO)CC1. The highest BCUT2D eigenvalue weighted by Crippen LogP contribution is 2.23. The lowest BCUT2D eigenvalue weighted by Crippen LogP contribution is -2.52. The third kappa shape index (κ3) is 4.66. The maximum absolute atomic E-state index is 12.6. The Labute approximate surface area is 128 Å². The van der Waals surface area contributed by atoms with Crippen LogP contribution in [-0.4, -0.2) is 71.8 Å². The Morgan fingerprint density at radius 1 is 1.14 bits per heavy atom. The number of ether oxygens (including phenoxy) is 1. The van der Waals surface area contributed by atoms with Crippen LogP contribution in [-0.2, 0) is 9.53 Å². The van der Waals surface area contributed by atoms with E-state index < -0.39 is 0 Å². The molecule has 5 nitrogen and oxygen atoms in total. The lowest BCUT2D eigenvalue weighted by atomic mass is 9.97. The number of hydrogen-bond acceptors (Lipinski definition) is 4. The molecule has 2 unspecified atom stereocenters. The summed E-state index contributed by atoms with van der Waals surface area (Å²) in [6.45, 7) is 7.22. The molecule has 0 aliphatic carbocycles. The van der Waals surface area contributed by atoms with Gasteiger partial charge in [0.1, 0.15) is 0 Å². The first-order valence-corrected chi connectivity index (χ1v) is 8.37. The predicted octanol–water partition coefficient (Wildman–Crippen LogP) is 1.25. The maximum atomic E-state index is 12.6. The summed E-state index contributed by atoms with van der Waals surface area (Å²) in [5, 5.41) is 8.78. The van der Waals surface area contributed by atoms with Gasteiger partial charge >= 0.3 is 0 Å². The molecule has 2 fully saturated rings. The summed E-state index contributed by atoms with van der Waals surface area (Å²) < 4.78 is 5.56. The van der Waals surface area contributed by atoms with E-state index in [4.69, 9.17) is 9.84 Å². The van der Waals surface area contributed by atoms with Crippen molar-refractivity contribution >= 4 is 5.91 Å². The summed E-state index contributed by atoms with van der Waals surface area (Å²) in [5.41, 5.74) is 0. The van der Waals surface area contributed by atoms with Crippen molar-refractivity contribution in [1.29, 1.82) is 0 Å². The molecule has 0 spiro atoms. The van der Waals surface area contributed by atoms with Crippen LogP contribution in [0.3, 0.4) is 0 Å². The van der Waals surface area contributed by atoms with Crippen molar-refractivity contribution in [3.05, 3.63) is 0 Å². The fraction of sp³-hybridized carbons (Fsp3) is 0.938. The first-order valence-electron chi connectivity index (χ1n) is 8.37. The molecule has 0 aromatic heterocycles. The average molecular weight is 298 g/mol. The summed E-state index contributed by atoms with van der Waals surface area (Å²) in [5.74, 6) is 0.282. The van der Waals surface area contributed by atoms with Gasteiger partial charge in [0.05, 0.1) is 25.9 Å². The molecule has 2 atom stereocenters. The van der Waals surface area contributed by atoms with Crippen LogP contribution in [0.15, 0.2) is 0 Å². The fourth-order valence-electron chi connectivity index (χ4n) is 3.64. The van der Waals surface area contributed by atoms with Crippen LogP contribution in [0.25, 0.3) is 0 Å². The highest BCUT2D eigenvalue weighted by atomic mass is 16.5. The number of hydrogen-bond donors (Lipinski definition) is 1. The lowest BCUT2D eigenvalue weighted by molar-refractivity contribution is -0.139. The van der Waals surface area contributed by atoms with Crippen LogP contribution in [0.1, 0.15) is 46.0 Å². The minimum Gasteiger partial charge on any atom is -0.394 e. The summed E-state index contributed by atoms with van der Waals surface area (Å²) >= 11 is 0. The quantitative estimate of drug-likeness (QED) is 0.830. The zero-order chi connectivity index (χ0) is 15.2. The fourth-order valence-corrected chi connectivity index (χ4v) is 3.64. The third-order valence-electron chi connectivity index (χ3n) is 4.82. The number of carbonyl (C=O) groups excluding carboxylic acids is 1. The van der Waals surface area contributed by atoms with E-state index in [0.29, 0.717) is 25.2 Å². The molecule has 2 heterocycles. The Hall–Kier alpha value is -0.650. The molecular weight excluding hydrogens is 268 g/mol. The third-order valence-corrected chi connectivity index (χ3v) is 4.82. The van der Waals surface area contributed by atoms with Crippen molar-refractivity contribution in [2.45, 2.75) is 64.1 Å². The molecule has 2 rings (SSSR count). The van der Waals surface area contributed by atoms with Crippen molar-refractivity contribution in [1.82, 2.24) is 9.80 Å². The summed E-state index contributed by atoms with van der Waals surface area (Å²) in [4.78, 5) is 16.9. The summed E-state index contributed by atoms with van der Waals surface area (Å²) in [7, 11) is 0. The number of amides is 1. The van der Waals surface area contributed by atoms with E-state index in [2.05, 4.69) is 23.6 Å². The van der Waals surface area contributed by atoms with E-state index in [9.17, 15) is 4.79 Å². The van der Waals surface area contributed by atoms with Crippen LogP contribution in [0.2, 0.25) is 0 Å². The molecule has 2 aliphatic heterocycles. The van der Waals surface area contributed by atoms with E-state index in [1.54, 1.807) is 0 Å². The molecule has 1 N–H and O–H groups in total. The molecule has 5 heteroatoms. The summed E-state index contributed by atoms with van der Waals surface area (Å²) in [6.07, 6.45) is 5.66. The molecule has 2 saturated heterocycles. The van der Waals surface area contributed by atoms with Gasteiger partial charge in [0.15, 0.2) is 0 Å². The molecule has 0 saturated carbocycles. The highest BCUT2D eigenvalue weighted by Gasteiger charge is 2.30. The second-order valence-corrected chi connectivity index (χ2v) is 6.50. The van der Waals surface area contributed by atoms with Crippen LogP contribution in [0.5, 0.6) is 0 Å².